The number of aromatic carboxylic acids is 1. The molecule has 4 aliphatic rings. The summed E-state index contributed by atoms with van der Waals surface area (Å²) in [6.45, 7) is 7.83. The van der Waals surface area contributed by atoms with Crippen LogP contribution in [0, 0.1) is 46.3 Å². The van der Waals surface area contributed by atoms with Gasteiger partial charge in [-0.05, 0) is 110 Å². The molecule has 0 bridgehead atoms. The molecule has 6 heteroatoms. The Hall–Kier alpha value is -1.66. The maximum Gasteiger partial charge on any atom is 0.337 e. The van der Waals surface area contributed by atoms with Crippen LogP contribution in [-0.4, -0.2) is 45.1 Å². The quantitative estimate of drug-likeness (QED) is 0.425. The number of aromatic nitrogens is 1. The van der Waals surface area contributed by atoms with Crippen LogP contribution in [0.15, 0.2) is 18.3 Å². The molecule has 1 aromatic heterocycles. The van der Waals surface area contributed by atoms with Gasteiger partial charge in [-0.15, -0.1) is 0 Å². The molecule has 0 unspecified atom stereocenters. The molecular formula is C30H45NO5. The lowest BCUT2D eigenvalue weighted by Gasteiger charge is -2.64. The molecule has 36 heavy (non-hydrogen) atoms. The van der Waals surface area contributed by atoms with Gasteiger partial charge in [-0.2, -0.15) is 0 Å². The Morgan fingerprint density at radius 3 is 2.50 bits per heavy atom. The van der Waals surface area contributed by atoms with Crippen LogP contribution in [0.1, 0.15) is 95.3 Å². The van der Waals surface area contributed by atoms with Crippen molar-refractivity contribution in [3.8, 4) is 5.88 Å². The number of carboxylic acids is 1. The Morgan fingerprint density at radius 2 is 1.81 bits per heavy atom. The van der Waals surface area contributed by atoms with Crippen LogP contribution in [0.5, 0.6) is 5.88 Å². The molecular weight excluding hydrogens is 454 g/mol. The van der Waals surface area contributed by atoms with Gasteiger partial charge in [-0.3, -0.25) is 0 Å². The van der Waals surface area contributed by atoms with Crippen molar-refractivity contribution < 1.29 is 24.9 Å². The van der Waals surface area contributed by atoms with Crippen molar-refractivity contribution in [1.82, 2.24) is 4.98 Å². The molecule has 4 aliphatic carbocycles. The fraction of sp³-hybridized carbons (Fsp3) is 0.800. The minimum atomic E-state index is -0.980. The molecule has 4 saturated carbocycles. The first kappa shape index (κ1) is 26.0. The summed E-state index contributed by atoms with van der Waals surface area (Å²) in [6, 6.07) is 3.16. The van der Waals surface area contributed by atoms with Crippen LogP contribution >= 0.6 is 0 Å². The smallest absolute Gasteiger partial charge is 0.337 e. The van der Waals surface area contributed by atoms with Gasteiger partial charge in [0.15, 0.2) is 0 Å². The highest BCUT2D eigenvalue weighted by molar-refractivity contribution is 5.87. The van der Waals surface area contributed by atoms with Gasteiger partial charge in [-0.1, -0.05) is 27.2 Å². The average molecular weight is 500 g/mol. The van der Waals surface area contributed by atoms with E-state index >= 15 is 0 Å². The molecule has 0 saturated heterocycles. The lowest BCUT2D eigenvalue weighted by molar-refractivity contribution is -0.202. The van der Waals surface area contributed by atoms with Crippen LogP contribution in [0.25, 0.3) is 0 Å². The van der Waals surface area contributed by atoms with Crippen LogP contribution in [0.2, 0.25) is 0 Å². The van der Waals surface area contributed by atoms with E-state index in [0.717, 1.165) is 38.5 Å². The molecule has 10 atom stereocenters. The van der Waals surface area contributed by atoms with Gasteiger partial charge in [0.25, 0.3) is 0 Å². The zero-order valence-corrected chi connectivity index (χ0v) is 22.2. The van der Waals surface area contributed by atoms with Crippen molar-refractivity contribution in [2.45, 2.75) is 97.2 Å². The lowest BCUT2D eigenvalue weighted by atomic mass is 9.41. The van der Waals surface area contributed by atoms with Crippen molar-refractivity contribution >= 4 is 5.97 Å². The molecule has 6 nitrogen and oxygen atoms in total. The van der Waals surface area contributed by atoms with Gasteiger partial charge in [0, 0.05) is 12.3 Å². The van der Waals surface area contributed by atoms with E-state index < -0.39 is 5.97 Å². The Balaban J connectivity index is 1.24. The molecule has 3 N–H and O–H groups in total. The van der Waals surface area contributed by atoms with E-state index in [1.165, 1.54) is 37.9 Å². The maximum atomic E-state index is 11.8. The molecule has 0 aliphatic heterocycles. The van der Waals surface area contributed by atoms with E-state index in [-0.39, 0.29) is 28.6 Å². The van der Waals surface area contributed by atoms with Gasteiger partial charge < -0.3 is 20.1 Å². The fourth-order valence-electron chi connectivity index (χ4n) is 9.64. The van der Waals surface area contributed by atoms with E-state index in [1.807, 2.05) is 0 Å². The number of aliphatic hydroxyl groups excluding tert-OH is 2. The molecule has 5 rings (SSSR count). The van der Waals surface area contributed by atoms with Gasteiger partial charge in [-0.25, -0.2) is 9.78 Å². The fourth-order valence-corrected chi connectivity index (χ4v) is 9.64. The molecule has 0 amide bonds. The van der Waals surface area contributed by atoms with Crippen molar-refractivity contribution in [2.24, 2.45) is 46.3 Å². The highest BCUT2D eigenvalue weighted by atomic mass is 16.5. The zero-order chi connectivity index (χ0) is 25.7. The molecule has 200 valence electrons. The number of rotatable bonds is 7. The number of carbonyl (C=O) groups is 1. The van der Waals surface area contributed by atoms with Gasteiger partial charge in [0.05, 0.1) is 24.4 Å². The van der Waals surface area contributed by atoms with E-state index in [4.69, 9.17) is 9.84 Å². The number of carboxylic acid groups (broad SMARTS) is 1. The molecule has 1 aromatic rings. The number of hydrogen-bond donors (Lipinski definition) is 3. The van der Waals surface area contributed by atoms with Crippen molar-refractivity contribution in [1.29, 1.82) is 0 Å². The largest absolute Gasteiger partial charge is 0.478 e. The lowest BCUT2D eigenvalue weighted by Crippen LogP contribution is -2.62. The van der Waals surface area contributed by atoms with Crippen LogP contribution in [0.3, 0.4) is 0 Å². The van der Waals surface area contributed by atoms with Gasteiger partial charge in [0.1, 0.15) is 0 Å². The second-order valence-electron chi connectivity index (χ2n) is 12.9. The number of aliphatic hydroxyl groups is 2. The highest BCUT2D eigenvalue weighted by Crippen LogP contribution is 2.69. The average Bonchev–Trinajstić information content (AvgIpc) is 3.19. The van der Waals surface area contributed by atoms with E-state index in [0.29, 0.717) is 48.0 Å². The maximum absolute atomic E-state index is 11.8. The minimum absolute atomic E-state index is 0.169. The standard InChI is InChI=1S/C30H45NO5/c1-4-21-24-16-20(32)11-13-30(24,3)23-12-14-29(2)19(8-9-22(29)26(23)27(21)33)6-5-15-36-25-10-7-18(17-31-25)28(34)35/h7,10,17,19-24,26-27,32-33H,4-6,8-9,11-16H2,1-3H3,(H,34,35)/t19-,20+,21+,22-,23-,24-,26-,27+,29+,30+/m0/s1. The first-order chi connectivity index (χ1) is 17.2. The number of nitrogens with zero attached hydrogens (tertiary/aromatic N) is 1. The number of fused-ring (bicyclic) bond motifs is 5. The molecule has 4 fully saturated rings. The van der Waals surface area contributed by atoms with Crippen molar-refractivity contribution in [2.75, 3.05) is 6.61 Å². The third kappa shape index (κ3) is 4.26. The summed E-state index contributed by atoms with van der Waals surface area (Å²) < 4.78 is 5.82. The first-order valence-corrected chi connectivity index (χ1v) is 14.4. The monoisotopic (exact) mass is 499 g/mol. The Morgan fingerprint density at radius 1 is 1.06 bits per heavy atom. The summed E-state index contributed by atoms with van der Waals surface area (Å²) in [7, 11) is 0. The third-order valence-electron chi connectivity index (χ3n) is 11.5. The highest BCUT2D eigenvalue weighted by Gasteiger charge is 2.64. The van der Waals surface area contributed by atoms with Crippen molar-refractivity contribution in [3.05, 3.63) is 23.9 Å². The van der Waals surface area contributed by atoms with Gasteiger partial charge in [0.2, 0.25) is 5.88 Å². The summed E-state index contributed by atoms with van der Waals surface area (Å²) in [5.41, 5.74) is 0.696. The summed E-state index contributed by atoms with van der Waals surface area (Å²) >= 11 is 0. The van der Waals surface area contributed by atoms with Crippen LogP contribution in [-0.2, 0) is 0 Å². The third-order valence-corrected chi connectivity index (χ3v) is 11.5. The number of ether oxygens (including phenoxy) is 1. The summed E-state index contributed by atoms with van der Waals surface area (Å²) in [5.74, 6) is 2.46. The Labute approximate surface area is 215 Å². The van der Waals surface area contributed by atoms with Gasteiger partial charge >= 0.3 is 5.97 Å². The summed E-state index contributed by atoms with van der Waals surface area (Å²) in [6.07, 6.45) is 11.8. The minimum Gasteiger partial charge on any atom is -0.478 e. The number of hydrogen-bond acceptors (Lipinski definition) is 5. The second-order valence-corrected chi connectivity index (χ2v) is 12.9. The zero-order valence-electron chi connectivity index (χ0n) is 22.2. The Bertz CT molecular complexity index is 936. The predicted molar refractivity (Wildman–Crippen MR) is 138 cm³/mol. The first-order valence-electron chi connectivity index (χ1n) is 14.4. The van der Waals surface area contributed by atoms with E-state index in [1.54, 1.807) is 6.07 Å². The van der Waals surface area contributed by atoms with Crippen molar-refractivity contribution in [3.63, 3.8) is 0 Å². The predicted octanol–water partition coefficient (Wildman–Crippen LogP) is 5.57. The summed E-state index contributed by atoms with van der Waals surface area (Å²) in [4.78, 5) is 15.1. The van der Waals surface area contributed by atoms with E-state index in [2.05, 4.69) is 25.8 Å². The van der Waals surface area contributed by atoms with Crippen LogP contribution in [0.4, 0.5) is 0 Å². The topological polar surface area (TPSA) is 99.9 Å². The number of pyridine rings is 1. The molecule has 0 radical (unpaired) electrons. The second kappa shape index (κ2) is 9.90. The normalized spacial score (nSPS) is 43.8. The summed E-state index contributed by atoms with van der Waals surface area (Å²) in [5, 5.41) is 31.3. The molecule has 0 aromatic carbocycles. The Kier molecular flexibility index (Phi) is 7.14. The SMILES string of the molecule is CC[C@H]1[C@@H](O)[C@@H]2[C@H](CC[C@]3(C)[C@@H](CCCOc4ccc(C(=O)O)cn4)CC[C@@H]23)[C@@]2(C)CC[C@@H](O)C[C@@H]12. The van der Waals surface area contributed by atoms with E-state index in [9.17, 15) is 15.0 Å². The molecule has 1 heterocycles. The molecule has 0 spiro atoms. The van der Waals surface area contributed by atoms with Crippen LogP contribution < -0.4 is 4.74 Å².